The molecule has 1 aromatic carbocycles. The summed E-state index contributed by atoms with van der Waals surface area (Å²) in [6, 6.07) is 3.47. The van der Waals surface area contributed by atoms with Crippen molar-refractivity contribution in [3.8, 4) is 6.07 Å². The van der Waals surface area contributed by atoms with Gasteiger partial charge in [-0.05, 0) is 34.6 Å². The van der Waals surface area contributed by atoms with Crippen molar-refractivity contribution in [1.82, 2.24) is 4.98 Å². The van der Waals surface area contributed by atoms with Crippen LogP contribution in [0.25, 0.3) is 0 Å². The first kappa shape index (κ1) is 24.4. The molecule has 0 saturated heterocycles. The highest BCUT2D eigenvalue weighted by molar-refractivity contribution is 7.96. The third-order valence-electron chi connectivity index (χ3n) is 5.23. The number of benzene rings is 1. The lowest BCUT2D eigenvalue weighted by Gasteiger charge is -2.23. The summed E-state index contributed by atoms with van der Waals surface area (Å²) in [5.41, 5.74) is -0.00259. The Kier molecular flexibility index (Phi) is 6.83. The maximum absolute atomic E-state index is 15.0. The van der Waals surface area contributed by atoms with E-state index in [1.54, 1.807) is 6.07 Å². The molecule has 32 heavy (non-hydrogen) atoms. The normalized spacial score (nSPS) is 18.3. The first-order valence-corrected chi connectivity index (χ1v) is 12.3. The first-order valence-electron chi connectivity index (χ1n) is 10.0. The predicted octanol–water partition coefficient (Wildman–Crippen LogP) is 2.97. The molecule has 0 amide bonds. The number of halogens is 1. The van der Waals surface area contributed by atoms with E-state index in [0.29, 0.717) is 11.1 Å². The van der Waals surface area contributed by atoms with Crippen LogP contribution in [0.15, 0.2) is 25.2 Å². The average Bonchev–Trinajstić information content (AvgIpc) is 3.23. The van der Waals surface area contributed by atoms with Crippen LogP contribution in [0.4, 0.5) is 4.39 Å². The molecule has 1 aliphatic heterocycles. The van der Waals surface area contributed by atoms with Gasteiger partial charge in [0, 0.05) is 6.42 Å². The molecule has 1 unspecified atom stereocenters. The van der Waals surface area contributed by atoms with E-state index in [0.717, 1.165) is 16.9 Å². The first-order chi connectivity index (χ1) is 15.0. The number of aliphatic hydroxyl groups is 3. The van der Waals surface area contributed by atoms with Gasteiger partial charge in [-0.1, -0.05) is 27.7 Å². The zero-order chi connectivity index (χ0) is 23.8. The number of thiazole rings is 1. The van der Waals surface area contributed by atoms with Crippen molar-refractivity contribution in [3.63, 3.8) is 0 Å². The number of aromatic nitrogens is 1. The third kappa shape index (κ3) is 4.21. The highest BCUT2D eigenvalue weighted by Gasteiger charge is 2.34. The molecule has 11 heteroatoms. The molecule has 172 valence electrons. The molecular formula is C21H25FN4O4S2. The van der Waals surface area contributed by atoms with E-state index >= 15 is 0 Å². The van der Waals surface area contributed by atoms with Crippen LogP contribution in [0.2, 0.25) is 0 Å². The molecule has 8 nitrogen and oxygen atoms in total. The van der Waals surface area contributed by atoms with Gasteiger partial charge in [-0.15, -0.1) is 11.3 Å². The fourth-order valence-corrected chi connectivity index (χ4v) is 6.21. The summed E-state index contributed by atoms with van der Waals surface area (Å²) in [6.07, 6.45) is 1.42. The summed E-state index contributed by atoms with van der Waals surface area (Å²) in [4.78, 5) is 3.95. The van der Waals surface area contributed by atoms with E-state index in [4.69, 9.17) is 0 Å². The Morgan fingerprint density at radius 1 is 1.25 bits per heavy atom. The quantitative estimate of drug-likeness (QED) is 0.531. The van der Waals surface area contributed by atoms with Crippen molar-refractivity contribution in [2.45, 2.75) is 55.8 Å². The van der Waals surface area contributed by atoms with Gasteiger partial charge < -0.3 is 15.3 Å². The van der Waals surface area contributed by atoms with Gasteiger partial charge in [0.15, 0.2) is 21.4 Å². The fourth-order valence-electron chi connectivity index (χ4n) is 3.52. The van der Waals surface area contributed by atoms with Crippen molar-refractivity contribution >= 4 is 27.1 Å². The number of amidine groups is 1. The van der Waals surface area contributed by atoms with Gasteiger partial charge in [-0.3, -0.25) is 0 Å². The van der Waals surface area contributed by atoms with Crippen LogP contribution in [0.3, 0.4) is 0 Å². The van der Waals surface area contributed by atoms with Gasteiger partial charge >= 0.3 is 0 Å². The summed E-state index contributed by atoms with van der Waals surface area (Å²) in [5, 5.41) is 38.1. The largest absolute Gasteiger partial charge is 0.393 e. The van der Waals surface area contributed by atoms with Crippen LogP contribution in [0.1, 0.15) is 66.8 Å². The Hall–Kier alpha value is -2.23. The van der Waals surface area contributed by atoms with Crippen LogP contribution < -0.4 is 0 Å². The number of hydrogen-bond acceptors (Lipinski definition) is 8. The van der Waals surface area contributed by atoms with E-state index in [-0.39, 0.29) is 38.9 Å². The van der Waals surface area contributed by atoms with E-state index in [2.05, 4.69) is 13.7 Å². The van der Waals surface area contributed by atoms with Crippen molar-refractivity contribution in [2.75, 3.05) is 13.2 Å². The van der Waals surface area contributed by atoms with E-state index in [1.807, 2.05) is 33.8 Å². The standard InChI is InChI=1S/C21H25FN4O4S2/c1-11(2)14-5-13(7-23)19(22)18(12(3)4)15(14)6-16-25-32(30,26-16)17-8-24-20(31-17)21(29,9-27)10-28/h5,8,11-12,27-29H,6,9-10H2,1-4H3. The minimum absolute atomic E-state index is 0.00474. The zero-order valence-corrected chi connectivity index (χ0v) is 19.8. The van der Waals surface area contributed by atoms with Gasteiger partial charge in [0.25, 0.3) is 0 Å². The molecule has 0 bridgehead atoms. The van der Waals surface area contributed by atoms with E-state index < -0.39 is 34.5 Å². The SMILES string of the molecule is CC(C)c1cc(C#N)c(F)c(C(C)C)c1CC1=NS(=O)(c2cnc(C(O)(CO)CO)s2)=N1. The molecule has 0 radical (unpaired) electrons. The molecule has 3 N–H and O–H groups in total. The van der Waals surface area contributed by atoms with Crippen LogP contribution in [-0.4, -0.2) is 43.6 Å². The summed E-state index contributed by atoms with van der Waals surface area (Å²) >= 11 is 0.850. The van der Waals surface area contributed by atoms with Gasteiger partial charge in [0.05, 0.1) is 25.0 Å². The molecule has 0 aliphatic carbocycles. The highest BCUT2D eigenvalue weighted by Crippen LogP contribution is 2.36. The van der Waals surface area contributed by atoms with Gasteiger partial charge in [0.2, 0.25) is 0 Å². The van der Waals surface area contributed by atoms with Crippen molar-refractivity contribution in [1.29, 1.82) is 5.26 Å². The Bertz CT molecular complexity index is 1230. The van der Waals surface area contributed by atoms with Gasteiger partial charge in [-0.2, -0.15) is 14.0 Å². The van der Waals surface area contributed by atoms with E-state index in [9.17, 15) is 29.2 Å². The highest BCUT2D eigenvalue weighted by atomic mass is 32.2. The summed E-state index contributed by atoms with van der Waals surface area (Å²) in [7, 11) is -3.13. The number of aliphatic hydroxyl groups excluding tert-OH is 2. The van der Waals surface area contributed by atoms with Crippen molar-refractivity contribution in [3.05, 3.63) is 45.3 Å². The minimum Gasteiger partial charge on any atom is -0.393 e. The van der Waals surface area contributed by atoms with E-state index in [1.165, 1.54) is 6.20 Å². The molecular weight excluding hydrogens is 455 g/mol. The smallest absolute Gasteiger partial charge is 0.198 e. The monoisotopic (exact) mass is 480 g/mol. The second-order valence-corrected chi connectivity index (χ2v) is 11.3. The number of nitrogens with zero attached hydrogens (tertiary/aromatic N) is 4. The average molecular weight is 481 g/mol. The summed E-state index contributed by atoms with van der Waals surface area (Å²) in [5.74, 6) is -0.419. The number of nitriles is 1. The minimum atomic E-state index is -3.13. The van der Waals surface area contributed by atoms with Crippen LogP contribution >= 0.6 is 11.3 Å². The molecule has 1 aromatic heterocycles. The molecule has 2 heterocycles. The van der Waals surface area contributed by atoms with Gasteiger partial charge in [0.1, 0.15) is 21.1 Å². The molecule has 1 atom stereocenters. The Morgan fingerprint density at radius 2 is 1.88 bits per heavy atom. The maximum Gasteiger partial charge on any atom is 0.198 e. The molecule has 0 spiro atoms. The number of rotatable bonds is 8. The van der Waals surface area contributed by atoms with Crippen LogP contribution in [0, 0.1) is 17.1 Å². The second-order valence-electron chi connectivity index (χ2n) is 8.25. The topological polar surface area (TPSA) is 139 Å². The van der Waals surface area contributed by atoms with Crippen LogP contribution in [-0.2, 0) is 21.9 Å². The Morgan fingerprint density at radius 3 is 2.38 bits per heavy atom. The molecule has 2 aromatic rings. The maximum atomic E-state index is 15.0. The molecule has 0 saturated carbocycles. The Labute approximate surface area is 190 Å². The third-order valence-corrected chi connectivity index (χ3v) is 8.66. The molecule has 3 rings (SSSR count). The molecule has 0 fully saturated rings. The predicted molar refractivity (Wildman–Crippen MR) is 119 cm³/mol. The second kappa shape index (κ2) is 8.96. The van der Waals surface area contributed by atoms with Crippen LogP contribution in [0.5, 0.6) is 0 Å². The lowest BCUT2D eigenvalue weighted by molar-refractivity contribution is -0.0599. The lowest BCUT2D eigenvalue weighted by Crippen LogP contribution is -2.34. The Balaban J connectivity index is 1.97. The van der Waals surface area contributed by atoms with Crippen molar-refractivity contribution < 1.29 is 23.9 Å². The summed E-state index contributed by atoms with van der Waals surface area (Å²) in [6.45, 7) is 6.10. The van der Waals surface area contributed by atoms with Gasteiger partial charge in [-0.25, -0.2) is 13.6 Å². The fraction of sp³-hybridized carbons (Fsp3) is 0.476. The zero-order valence-electron chi connectivity index (χ0n) is 18.2. The summed E-state index contributed by atoms with van der Waals surface area (Å²) < 4.78 is 36.6. The lowest BCUT2D eigenvalue weighted by atomic mass is 9.84. The number of hydrogen-bond donors (Lipinski definition) is 3. The molecule has 1 aliphatic rings. The van der Waals surface area contributed by atoms with Crippen molar-refractivity contribution in [2.24, 2.45) is 8.76 Å².